The Hall–Kier alpha value is -1.58. The molecule has 0 heterocycles. The fourth-order valence-electron chi connectivity index (χ4n) is 1.21. The molecule has 0 saturated carbocycles. The maximum Gasteiger partial charge on any atom is 0.224 e. The van der Waals surface area contributed by atoms with Crippen LogP contribution in [0.15, 0.2) is 18.2 Å². The van der Waals surface area contributed by atoms with Gasteiger partial charge < -0.3 is 11.1 Å². The molecule has 82 valence electrons. The van der Waals surface area contributed by atoms with Gasteiger partial charge in [-0.25, -0.2) is 4.39 Å². The molecule has 0 aromatic heterocycles. The summed E-state index contributed by atoms with van der Waals surface area (Å²) in [6.07, 6.45) is 0.369. The highest BCUT2D eigenvalue weighted by Gasteiger charge is 2.08. The van der Waals surface area contributed by atoms with Gasteiger partial charge in [0.25, 0.3) is 0 Å². The first-order chi connectivity index (χ1) is 6.99. The quantitative estimate of drug-likeness (QED) is 0.752. The van der Waals surface area contributed by atoms with E-state index in [1.807, 2.05) is 13.8 Å². The van der Waals surface area contributed by atoms with Gasteiger partial charge in [0.15, 0.2) is 0 Å². The van der Waals surface area contributed by atoms with Crippen molar-refractivity contribution < 1.29 is 9.18 Å². The summed E-state index contributed by atoms with van der Waals surface area (Å²) in [4.78, 5) is 11.4. The summed E-state index contributed by atoms with van der Waals surface area (Å²) in [7, 11) is 0. The molecule has 4 heteroatoms. The van der Waals surface area contributed by atoms with Gasteiger partial charge in [-0.05, 0) is 24.1 Å². The van der Waals surface area contributed by atoms with Crippen LogP contribution >= 0.6 is 0 Å². The van der Waals surface area contributed by atoms with Crippen molar-refractivity contribution in [3.8, 4) is 0 Å². The minimum atomic E-state index is -0.471. The Morgan fingerprint density at radius 1 is 1.53 bits per heavy atom. The Morgan fingerprint density at radius 2 is 2.20 bits per heavy atom. The number of hydrogen-bond acceptors (Lipinski definition) is 2. The van der Waals surface area contributed by atoms with E-state index in [1.54, 1.807) is 0 Å². The molecule has 3 nitrogen and oxygen atoms in total. The van der Waals surface area contributed by atoms with Crippen LogP contribution in [0, 0.1) is 11.7 Å². The van der Waals surface area contributed by atoms with E-state index in [0.29, 0.717) is 12.1 Å². The molecule has 0 aliphatic rings. The van der Waals surface area contributed by atoms with E-state index >= 15 is 0 Å². The van der Waals surface area contributed by atoms with Gasteiger partial charge in [0, 0.05) is 12.1 Å². The van der Waals surface area contributed by atoms with E-state index in [-0.39, 0.29) is 17.5 Å². The molecule has 15 heavy (non-hydrogen) atoms. The maximum atomic E-state index is 13.2. The zero-order valence-electron chi connectivity index (χ0n) is 8.88. The Balaban J connectivity index is 2.71. The number of carbonyl (C=O) groups excluding carboxylic acids is 1. The second-order valence-corrected chi connectivity index (χ2v) is 3.89. The number of benzene rings is 1. The lowest BCUT2D eigenvalue weighted by atomic mass is 10.1. The molecule has 0 bridgehead atoms. The lowest BCUT2D eigenvalue weighted by molar-refractivity contribution is -0.116. The number of rotatable bonds is 3. The monoisotopic (exact) mass is 210 g/mol. The van der Waals surface area contributed by atoms with Crippen LogP contribution < -0.4 is 11.1 Å². The van der Waals surface area contributed by atoms with Gasteiger partial charge in [0.1, 0.15) is 5.82 Å². The number of nitrogens with one attached hydrogen (secondary N) is 1. The van der Waals surface area contributed by atoms with Gasteiger partial charge in [0.2, 0.25) is 5.91 Å². The fraction of sp³-hybridized carbons (Fsp3) is 0.364. The summed E-state index contributed by atoms with van der Waals surface area (Å²) >= 11 is 0. The lowest BCUT2D eigenvalue weighted by Crippen LogP contribution is -2.14. The Labute approximate surface area is 88.5 Å². The second kappa shape index (κ2) is 4.77. The summed E-state index contributed by atoms with van der Waals surface area (Å²) in [5, 5.41) is 2.49. The van der Waals surface area contributed by atoms with Crippen molar-refractivity contribution >= 4 is 17.3 Å². The first-order valence-corrected chi connectivity index (χ1v) is 4.84. The molecular weight excluding hydrogens is 195 g/mol. The van der Waals surface area contributed by atoms with Crippen LogP contribution in [-0.4, -0.2) is 5.91 Å². The number of hydrogen-bond donors (Lipinski definition) is 2. The summed E-state index contributed by atoms with van der Waals surface area (Å²) < 4.78 is 13.2. The highest BCUT2D eigenvalue weighted by Crippen LogP contribution is 2.17. The lowest BCUT2D eigenvalue weighted by Gasteiger charge is -2.08. The van der Waals surface area contributed by atoms with Crippen LogP contribution in [0.5, 0.6) is 0 Å². The SMILES string of the molecule is CC(C)CC(=O)Nc1cc(N)ccc1F. The molecule has 0 aliphatic heterocycles. The minimum absolute atomic E-state index is 0.139. The molecule has 0 fully saturated rings. The standard InChI is InChI=1S/C11H15FN2O/c1-7(2)5-11(15)14-10-6-8(13)3-4-9(10)12/h3-4,6-7H,5,13H2,1-2H3,(H,14,15). The number of nitrogens with two attached hydrogens (primary N) is 1. The Morgan fingerprint density at radius 3 is 2.80 bits per heavy atom. The van der Waals surface area contributed by atoms with E-state index in [1.165, 1.54) is 18.2 Å². The van der Waals surface area contributed by atoms with E-state index < -0.39 is 5.82 Å². The van der Waals surface area contributed by atoms with Crippen molar-refractivity contribution in [1.29, 1.82) is 0 Å². The van der Waals surface area contributed by atoms with Crippen molar-refractivity contribution in [3.05, 3.63) is 24.0 Å². The van der Waals surface area contributed by atoms with Crippen LogP contribution in [-0.2, 0) is 4.79 Å². The van der Waals surface area contributed by atoms with E-state index in [0.717, 1.165) is 0 Å². The predicted molar refractivity (Wildman–Crippen MR) is 58.9 cm³/mol. The van der Waals surface area contributed by atoms with Gasteiger partial charge in [-0.3, -0.25) is 4.79 Å². The molecule has 0 saturated heterocycles. The molecular formula is C11H15FN2O. The molecule has 0 atom stereocenters. The summed E-state index contributed by atoms with van der Waals surface area (Å²) in [5.74, 6) is -0.426. The Kier molecular flexibility index (Phi) is 3.66. The predicted octanol–water partition coefficient (Wildman–Crippen LogP) is 2.39. The van der Waals surface area contributed by atoms with Crippen molar-refractivity contribution in [2.75, 3.05) is 11.1 Å². The number of anilines is 2. The topological polar surface area (TPSA) is 55.1 Å². The molecule has 0 aliphatic carbocycles. The highest BCUT2D eigenvalue weighted by atomic mass is 19.1. The number of amides is 1. The van der Waals surface area contributed by atoms with Gasteiger partial charge in [0.05, 0.1) is 5.69 Å². The van der Waals surface area contributed by atoms with Crippen LogP contribution in [0.1, 0.15) is 20.3 Å². The molecule has 1 amide bonds. The van der Waals surface area contributed by atoms with Crippen LogP contribution in [0.25, 0.3) is 0 Å². The largest absolute Gasteiger partial charge is 0.399 e. The fourth-order valence-corrected chi connectivity index (χ4v) is 1.21. The number of halogens is 1. The van der Waals surface area contributed by atoms with E-state index in [4.69, 9.17) is 5.73 Å². The van der Waals surface area contributed by atoms with Gasteiger partial charge >= 0.3 is 0 Å². The van der Waals surface area contributed by atoms with Crippen molar-refractivity contribution in [2.45, 2.75) is 20.3 Å². The molecule has 3 N–H and O–H groups in total. The number of carbonyl (C=O) groups is 1. The third-order valence-corrected chi connectivity index (χ3v) is 1.86. The first kappa shape index (κ1) is 11.5. The van der Waals surface area contributed by atoms with Crippen LogP contribution in [0.2, 0.25) is 0 Å². The van der Waals surface area contributed by atoms with Crippen LogP contribution in [0.3, 0.4) is 0 Å². The molecule has 1 aromatic carbocycles. The van der Waals surface area contributed by atoms with Crippen molar-refractivity contribution in [2.24, 2.45) is 5.92 Å². The summed E-state index contributed by atoms with van der Waals surface area (Å²) in [5.41, 5.74) is 6.05. The third kappa shape index (κ3) is 3.58. The average Bonchev–Trinajstić information content (AvgIpc) is 2.10. The van der Waals surface area contributed by atoms with E-state index in [9.17, 15) is 9.18 Å². The second-order valence-electron chi connectivity index (χ2n) is 3.89. The van der Waals surface area contributed by atoms with Crippen molar-refractivity contribution in [1.82, 2.24) is 0 Å². The summed E-state index contributed by atoms with van der Waals surface area (Å²) in [6, 6.07) is 4.10. The van der Waals surface area contributed by atoms with Crippen molar-refractivity contribution in [3.63, 3.8) is 0 Å². The smallest absolute Gasteiger partial charge is 0.224 e. The van der Waals surface area contributed by atoms with Gasteiger partial charge in [-0.15, -0.1) is 0 Å². The van der Waals surface area contributed by atoms with Gasteiger partial charge in [-0.1, -0.05) is 13.8 Å². The zero-order valence-corrected chi connectivity index (χ0v) is 8.88. The molecule has 0 spiro atoms. The molecule has 0 radical (unpaired) electrons. The Bertz CT molecular complexity index is 364. The third-order valence-electron chi connectivity index (χ3n) is 1.86. The highest BCUT2D eigenvalue weighted by molar-refractivity contribution is 5.91. The van der Waals surface area contributed by atoms with Crippen LogP contribution in [0.4, 0.5) is 15.8 Å². The molecule has 0 unspecified atom stereocenters. The first-order valence-electron chi connectivity index (χ1n) is 4.84. The van der Waals surface area contributed by atoms with Gasteiger partial charge in [-0.2, -0.15) is 0 Å². The van der Waals surface area contributed by atoms with E-state index in [2.05, 4.69) is 5.32 Å². The molecule has 1 rings (SSSR count). The normalized spacial score (nSPS) is 10.4. The minimum Gasteiger partial charge on any atom is -0.399 e. The maximum absolute atomic E-state index is 13.2. The molecule has 1 aromatic rings. The zero-order chi connectivity index (χ0) is 11.4. The number of nitrogen functional groups attached to an aromatic ring is 1. The average molecular weight is 210 g/mol. The summed E-state index contributed by atoms with van der Waals surface area (Å²) in [6.45, 7) is 3.85.